The van der Waals surface area contributed by atoms with E-state index >= 15 is 0 Å². The number of anilines is 1. The zero-order valence-electron chi connectivity index (χ0n) is 17.5. The zero-order chi connectivity index (χ0) is 21.5. The fourth-order valence-corrected chi connectivity index (χ4v) is 3.25. The van der Waals surface area contributed by atoms with E-state index in [-0.39, 0.29) is 24.9 Å². The van der Waals surface area contributed by atoms with E-state index in [0.717, 1.165) is 22.8 Å². The molecule has 0 aliphatic heterocycles. The number of likely N-dealkylation sites (N-methyl/N-ethyl adjacent to an activating group) is 1. The van der Waals surface area contributed by atoms with E-state index in [2.05, 4.69) is 10.6 Å². The van der Waals surface area contributed by atoms with Gasteiger partial charge in [0.15, 0.2) is 0 Å². The lowest BCUT2D eigenvalue weighted by atomic mass is 10.1. The van der Waals surface area contributed by atoms with Crippen LogP contribution >= 0.6 is 0 Å². The Morgan fingerprint density at radius 1 is 1.03 bits per heavy atom. The van der Waals surface area contributed by atoms with Gasteiger partial charge in [0.05, 0.1) is 25.9 Å². The van der Waals surface area contributed by atoms with Gasteiger partial charge < -0.3 is 24.5 Å². The highest BCUT2D eigenvalue weighted by Crippen LogP contribution is 2.36. The van der Waals surface area contributed by atoms with Gasteiger partial charge in [-0.25, -0.2) is 0 Å². The van der Waals surface area contributed by atoms with E-state index < -0.39 is 0 Å². The average molecular weight is 413 g/mol. The Balaban J connectivity index is 1.63. The Morgan fingerprint density at radius 2 is 1.80 bits per heavy atom. The number of methoxy groups -OCH3 is 2. The molecule has 3 aromatic rings. The van der Waals surface area contributed by atoms with Crippen molar-refractivity contribution in [1.82, 2.24) is 10.2 Å². The van der Waals surface area contributed by atoms with Gasteiger partial charge in [-0.05, 0) is 25.6 Å². The van der Waals surface area contributed by atoms with Crippen molar-refractivity contribution in [2.24, 2.45) is 0 Å². The minimum absolute atomic E-state index is 0.0623. The second-order valence-electron chi connectivity index (χ2n) is 7.06. The van der Waals surface area contributed by atoms with E-state index in [1.807, 2.05) is 30.3 Å². The highest BCUT2D eigenvalue weighted by molar-refractivity contribution is 6.07. The number of carbonyl (C=O) groups excluding carboxylic acids is 2. The van der Waals surface area contributed by atoms with Crippen LogP contribution in [0.1, 0.15) is 6.42 Å². The Morgan fingerprint density at radius 3 is 2.57 bits per heavy atom. The van der Waals surface area contributed by atoms with Crippen molar-refractivity contribution in [3.8, 4) is 5.75 Å². The maximum absolute atomic E-state index is 12.5. The molecular formula is C22H27N3O5. The second-order valence-corrected chi connectivity index (χ2v) is 7.06. The number of furan rings is 1. The van der Waals surface area contributed by atoms with Crippen molar-refractivity contribution in [3.63, 3.8) is 0 Å². The van der Waals surface area contributed by atoms with Crippen LogP contribution in [0, 0.1) is 0 Å². The summed E-state index contributed by atoms with van der Waals surface area (Å²) in [5.41, 5.74) is 1.96. The lowest BCUT2D eigenvalue weighted by Gasteiger charge is -2.17. The number of nitrogens with zero attached hydrogens (tertiary/aromatic N) is 1. The van der Waals surface area contributed by atoms with Crippen LogP contribution in [-0.4, -0.2) is 64.2 Å². The number of nitrogens with one attached hydrogen (secondary N) is 2. The lowest BCUT2D eigenvalue weighted by Crippen LogP contribution is -2.39. The van der Waals surface area contributed by atoms with Crippen molar-refractivity contribution >= 4 is 39.4 Å². The molecule has 0 aliphatic carbocycles. The maximum Gasteiger partial charge on any atom is 0.238 e. The normalized spacial score (nSPS) is 11.2. The Kier molecular flexibility index (Phi) is 7.26. The van der Waals surface area contributed by atoms with Crippen molar-refractivity contribution in [3.05, 3.63) is 36.4 Å². The quantitative estimate of drug-likeness (QED) is 0.497. The van der Waals surface area contributed by atoms with Gasteiger partial charge in [0.1, 0.15) is 16.9 Å². The average Bonchev–Trinajstić information content (AvgIpc) is 3.07. The lowest BCUT2D eigenvalue weighted by molar-refractivity contribution is -0.123. The van der Waals surface area contributed by atoms with E-state index in [4.69, 9.17) is 13.9 Å². The number of carbonyl (C=O) groups is 2. The Hall–Kier alpha value is -3.10. The molecule has 8 nitrogen and oxygen atoms in total. The molecule has 3 rings (SSSR count). The molecular weight excluding hydrogens is 386 g/mol. The first-order valence-electron chi connectivity index (χ1n) is 9.75. The fourth-order valence-electron chi connectivity index (χ4n) is 3.25. The number of ether oxygens (including phenoxy) is 2. The third-order valence-corrected chi connectivity index (χ3v) is 4.65. The molecule has 0 unspecified atom stereocenters. The number of rotatable bonds is 10. The van der Waals surface area contributed by atoms with Gasteiger partial charge in [0.25, 0.3) is 0 Å². The summed E-state index contributed by atoms with van der Waals surface area (Å²) in [5, 5.41) is 7.55. The summed E-state index contributed by atoms with van der Waals surface area (Å²) in [4.78, 5) is 26.1. The molecule has 0 spiro atoms. The van der Waals surface area contributed by atoms with Gasteiger partial charge in [0.2, 0.25) is 11.8 Å². The molecule has 0 saturated heterocycles. The third-order valence-electron chi connectivity index (χ3n) is 4.65. The topological polar surface area (TPSA) is 93.0 Å². The Labute approximate surface area is 175 Å². The van der Waals surface area contributed by atoms with Crippen LogP contribution in [0.4, 0.5) is 5.69 Å². The molecule has 1 aromatic heterocycles. The minimum Gasteiger partial charge on any atom is -0.495 e. The van der Waals surface area contributed by atoms with Crippen LogP contribution in [0.3, 0.4) is 0 Å². The molecule has 0 atom stereocenters. The zero-order valence-corrected chi connectivity index (χ0v) is 17.5. The minimum atomic E-state index is -0.251. The molecule has 2 aromatic carbocycles. The van der Waals surface area contributed by atoms with Crippen molar-refractivity contribution < 1.29 is 23.5 Å². The van der Waals surface area contributed by atoms with Crippen molar-refractivity contribution in [2.75, 3.05) is 52.8 Å². The molecule has 2 N–H and O–H groups in total. The summed E-state index contributed by atoms with van der Waals surface area (Å²) in [6.07, 6.45) is 0.747. The SMILES string of the molecule is COCCCNC(=O)CN(C)CC(=O)Nc1cc2oc3ccccc3c2cc1OC. The highest BCUT2D eigenvalue weighted by atomic mass is 16.5. The first-order valence-corrected chi connectivity index (χ1v) is 9.75. The summed E-state index contributed by atoms with van der Waals surface area (Å²) >= 11 is 0. The first kappa shape index (κ1) is 21.6. The van der Waals surface area contributed by atoms with E-state index in [1.165, 1.54) is 0 Å². The van der Waals surface area contributed by atoms with Crippen molar-refractivity contribution in [1.29, 1.82) is 0 Å². The van der Waals surface area contributed by atoms with Gasteiger partial charge in [-0.1, -0.05) is 18.2 Å². The van der Waals surface area contributed by atoms with Crippen LogP contribution in [0.15, 0.2) is 40.8 Å². The molecule has 30 heavy (non-hydrogen) atoms. The molecule has 160 valence electrons. The first-order chi connectivity index (χ1) is 14.5. The number of fused-ring (bicyclic) bond motifs is 3. The second kappa shape index (κ2) is 10.1. The van der Waals surface area contributed by atoms with Crippen molar-refractivity contribution in [2.45, 2.75) is 6.42 Å². The van der Waals surface area contributed by atoms with Crippen LogP contribution in [0.2, 0.25) is 0 Å². The maximum atomic E-state index is 12.5. The van der Waals surface area contributed by atoms with Crippen LogP contribution < -0.4 is 15.4 Å². The monoisotopic (exact) mass is 413 g/mol. The highest BCUT2D eigenvalue weighted by Gasteiger charge is 2.16. The predicted octanol–water partition coefficient (Wildman–Crippen LogP) is 2.62. The fraction of sp³-hybridized carbons (Fsp3) is 0.364. The van der Waals surface area contributed by atoms with E-state index in [9.17, 15) is 9.59 Å². The van der Waals surface area contributed by atoms with Gasteiger partial charge in [-0.3, -0.25) is 14.5 Å². The summed E-state index contributed by atoms with van der Waals surface area (Å²) in [6, 6.07) is 11.4. The predicted molar refractivity (Wildman–Crippen MR) is 116 cm³/mol. The number of hydrogen-bond donors (Lipinski definition) is 2. The largest absolute Gasteiger partial charge is 0.495 e. The van der Waals surface area contributed by atoms with Crippen LogP contribution in [0.5, 0.6) is 5.75 Å². The number of benzene rings is 2. The molecule has 0 saturated carbocycles. The van der Waals surface area contributed by atoms with Gasteiger partial charge >= 0.3 is 0 Å². The smallest absolute Gasteiger partial charge is 0.238 e. The van der Waals surface area contributed by atoms with Gasteiger partial charge in [-0.2, -0.15) is 0 Å². The number of amides is 2. The summed E-state index contributed by atoms with van der Waals surface area (Å²) in [7, 11) is 4.89. The Bertz CT molecular complexity index is 1030. The summed E-state index contributed by atoms with van der Waals surface area (Å²) < 4.78 is 16.3. The van der Waals surface area contributed by atoms with Crippen LogP contribution in [-0.2, 0) is 14.3 Å². The van der Waals surface area contributed by atoms with E-state index in [1.54, 1.807) is 32.2 Å². The molecule has 0 bridgehead atoms. The van der Waals surface area contributed by atoms with Crippen LogP contribution in [0.25, 0.3) is 21.9 Å². The summed E-state index contributed by atoms with van der Waals surface area (Å²) in [6.45, 7) is 1.32. The molecule has 0 radical (unpaired) electrons. The number of hydrogen-bond acceptors (Lipinski definition) is 6. The van der Waals surface area contributed by atoms with Gasteiger partial charge in [-0.15, -0.1) is 0 Å². The van der Waals surface area contributed by atoms with E-state index in [0.29, 0.717) is 30.2 Å². The molecule has 0 aliphatic rings. The standard InChI is InChI=1S/C22H27N3O5/c1-25(13-21(26)23-9-6-10-28-2)14-22(27)24-17-12-19-16(11-20(17)29-3)15-7-4-5-8-18(15)30-19/h4-5,7-8,11-12H,6,9-10,13-14H2,1-3H3,(H,23,26)(H,24,27). The summed E-state index contributed by atoms with van der Waals surface area (Å²) in [5.74, 6) is 0.155. The van der Waals surface area contributed by atoms with Gasteiger partial charge in [0, 0.05) is 37.1 Å². The molecule has 0 fully saturated rings. The number of para-hydroxylation sites is 1. The molecule has 1 heterocycles. The molecule has 2 amide bonds. The third kappa shape index (κ3) is 5.28. The molecule has 8 heteroatoms.